The molecule has 0 aromatic carbocycles. The van der Waals surface area contributed by atoms with Crippen LogP contribution in [0.3, 0.4) is 0 Å². The molecule has 0 aliphatic heterocycles. The predicted octanol–water partition coefficient (Wildman–Crippen LogP) is 3.16. The Morgan fingerprint density at radius 2 is 2.29 bits per heavy atom. The van der Waals surface area contributed by atoms with Crippen LogP contribution in [0.5, 0.6) is 0 Å². The summed E-state index contributed by atoms with van der Waals surface area (Å²) in [5.41, 5.74) is 0.747. The van der Waals surface area contributed by atoms with E-state index in [0.717, 1.165) is 15.1 Å². The maximum atomic E-state index is 11.8. The lowest BCUT2D eigenvalue weighted by molar-refractivity contribution is 0.102. The largest absolute Gasteiger partial charge is 0.357 e. The number of aromatic nitrogens is 2. The van der Waals surface area contributed by atoms with Crippen LogP contribution < -0.4 is 0 Å². The second-order valence-corrected chi connectivity index (χ2v) is 5.50. The number of ketones is 1. The van der Waals surface area contributed by atoms with Crippen LogP contribution in [0, 0.1) is 0 Å². The van der Waals surface area contributed by atoms with Crippen LogP contribution in [-0.2, 0) is 7.05 Å². The number of hydrogen-bond donors (Lipinski definition) is 0. The first kappa shape index (κ1) is 12.4. The molecule has 3 nitrogen and oxygen atoms in total. The standard InChI is InChI=1S/C12H11BrN2OS/c1-15-5-4-9(7-15)11(16)8-17-12-3-2-10(13)6-14-12/h2-7H,8H2,1H3. The number of pyridine rings is 1. The van der Waals surface area contributed by atoms with Crippen LogP contribution in [0.4, 0.5) is 0 Å². The highest BCUT2D eigenvalue weighted by Gasteiger charge is 2.08. The first-order valence-corrected chi connectivity index (χ1v) is 6.82. The lowest BCUT2D eigenvalue weighted by Gasteiger charge is -1.99. The molecule has 0 fully saturated rings. The number of hydrogen-bond acceptors (Lipinski definition) is 3. The third-order valence-corrected chi connectivity index (χ3v) is 3.62. The fraction of sp³-hybridized carbons (Fsp3) is 0.167. The Morgan fingerprint density at radius 3 is 2.88 bits per heavy atom. The Labute approximate surface area is 112 Å². The van der Waals surface area contributed by atoms with Crippen molar-refractivity contribution < 1.29 is 4.79 Å². The Bertz CT molecular complexity index is 522. The van der Waals surface area contributed by atoms with Crippen LogP contribution in [-0.4, -0.2) is 21.1 Å². The second-order valence-electron chi connectivity index (χ2n) is 3.59. The van der Waals surface area contributed by atoms with Crippen molar-refractivity contribution in [3.8, 4) is 0 Å². The molecule has 5 heteroatoms. The molecule has 0 atom stereocenters. The fourth-order valence-electron chi connectivity index (χ4n) is 1.34. The third-order valence-electron chi connectivity index (χ3n) is 2.21. The number of halogens is 1. The number of Topliss-reactive ketones (excluding diaryl/α,β-unsaturated/α-hetero) is 1. The van der Waals surface area contributed by atoms with Crippen molar-refractivity contribution in [1.82, 2.24) is 9.55 Å². The van der Waals surface area contributed by atoms with Crippen LogP contribution in [0.1, 0.15) is 10.4 Å². The van der Waals surface area contributed by atoms with E-state index in [9.17, 15) is 4.79 Å². The van der Waals surface area contributed by atoms with E-state index in [0.29, 0.717) is 5.75 Å². The molecule has 2 aromatic rings. The molecule has 0 aliphatic rings. The Hall–Kier alpha value is -1.07. The molecule has 0 amide bonds. The molecule has 2 aromatic heterocycles. The first-order valence-electron chi connectivity index (χ1n) is 5.04. The zero-order chi connectivity index (χ0) is 12.3. The van der Waals surface area contributed by atoms with Gasteiger partial charge in [0.1, 0.15) is 0 Å². The van der Waals surface area contributed by atoms with Crippen molar-refractivity contribution in [1.29, 1.82) is 0 Å². The smallest absolute Gasteiger partial charge is 0.174 e. The summed E-state index contributed by atoms with van der Waals surface area (Å²) < 4.78 is 2.81. The molecule has 88 valence electrons. The van der Waals surface area contributed by atoms with Crippen LogP contribution in [0.25, 0.3) is 0 Å². The highest BCUT2D eigenvalue weighted by Crippen LogP contribution is 2.18. The fourth-order valence-corrected chi connectivity index (χ4v) is 2.31. The van der Waals surface area contributed by atoms with Crippen molar-refractivity contribution in [2.75, 3.05) is 5.75 Å². The average Bonchev–Trinajstić information content (AvgIpc) is 2.75. The minimum Gasteiger partial charge on any atom is -0.357 e. The molecular weight excluding hydrogens is 300 g/mol. The van der Waals surface area contributed by atoms with Gasteiger partial charge in [0.25, 0.3) is 0 Å². The summed E-state index contributed by atoms with van der Waals surface area (Å²) in [4.78, 5) is 16.0. The van der Waals surface area contributed by atoms with Crippen LogP contribution in [0.15, 0.2) is 46.3 Å². The maximum Gasteiger partial charge on any atom is 0.174 e. The SMILES string of the molecule is Cn1ccc(C(=O)CSc2ccc(Br)cn2)c1. The molecule has 2 heterocycles. The monoisotopic (exact) mass is 310 g/mol. The van der Waals surface area contributed by atoms with Gasteiger partial charge < -0.3 is 4.57 Å². The van der Waals surface area contributed by atoms with E-state index >= 15 is 0 Å². The van der Waals surface area contributed by atoms with Crippen LogP contribution in [0.2, 0.25) is 0 Å². The number of aryl methyl sites for hydroxylation is 1. The summed E-state index contributed by atoms with van der Waals surface area (Å²) in [7, 11) is 1.90. The van der Waals surface area contributed by atoms with Gasteiger partial charge in [-0.15, -0.1) is 0 Å². The van der Waals surface area contributed by atoms with E-state index in [1.54, 1.807) is 6.20 Å². The highest BCUT2D eigenvalue weighted by molar-refractivity contribution is 9.10. The van der Waals surface area contributed by atoms with Gasteiger partial charge in [-0.1, -0.05) is 11.8 Å². The molecule has 0 saturated heterocycles. The van der Waals surface area contributed by atoms with E-state index in [-0.39, 0.29) is 5.78 Å². The minimum atomic E-state index is 0.125. The maximum absolute atomic E-state index is 11.8. The number of nitrogens with zero attached hydrogens (tertiary/aromatic N) is 2. The van der Waals surface area contributed by atoms with Gasteiger partial charge >= 0.3 is 0 Å². The lowest BCUT2D eigenvalue weighted by Crippen LogP contribution is -2.01. The van der Waals surface area contributed by atoms with Crippen molar-refractivity contribution in [3.63, 3.8) is 0 Å². The van der Waals surface area contributed by atoms with Crippen LogP contribution >= 0.6 is 27.7 Å². The molecule has 0 bridgehead atoms. The van der Waals surface area contributed by atoms with Gasteiger partial charge in [0.05, 0.1) is 10.8 Å². The minimum absolute atomic E-state index is 0.125. The van der Waals surface area contributed by atoms with E-state index < -0.39 is 0 Å². The summed E-state index contributed by atoms with van der Waals surface area (Å²) in [6, 6.07) is 5.65. The summed E-state index contributed by atoms with van der Waals surface area (Å²) in [6.45, 7) is 0. The molecule has 17 heavy (non-hydrogen) atoms. The molecular formula is C12H11BrN2OS. The van der Waals surface area contributed by atoms with Gasteiger partial charge in [-0.25, -0.2) is 4.98 Å². The molecule has 0 spiro atoms. The molecule has 0 N–H and O–H groups in total. The number of thioether (sulfide) groups is 1. The summed E-state index contributed by atoms with van der Waals surface area (Å²) in [5.74, 6) is 0.541. The molecule has 2 rings (SSSR count). The molecule has 0 radical (unpaired) electrons. The molecule has 0 unspecified atom stereocenters. The lowest BCUT2D eigenvalue weighted by atomic mass is 10.2. The summed E-state index contributed by atoms with van der Waals surface area (Å²) in [5, 5.41) is 0.859. The Kier molecular flexibility index (Phi) is 4.02. The number of carbonyl (C=O) groups excluding carboxylic acids is 1. The van der Waals surface area contributed by atoms with Gasteiger partial charge in [0.15, 0.2) is 5.78 Å². The quantitative estimate of drug-likeness (QED) is 0.642. The van der Waals surface area contributed by atoms with Crippen molar-refractivity contribution >= 4 is 33.5 Å². The number of rotatable bonds is 4. The highest BCUT2D eigenvalue weighted by atomic mass is 79.9. The summed E-state index contributed by atoms with van der Waals surface area (Å²) in [6.07, 6.45) is 5.43. The van der Waals surface area contributed by atoms with Gasteiger partial charge in [0.2, 0.25) is 0 Å². The zero-order valence-corrected chi connectivity index (χ0v) is 11.7. The third kappa shape index (κ3) is 3.44. The van der Waals surface area contributed by atoms with Gasteiger partial charge in [0, 0.05) is 35.7 Å². The normalized spacial score (nSPS) is 10.5. The molecule has 0 aliphatic carbocycles. The van der Waals surface area contributed by atoms with E-state index in [2.05, 4.69) is 20.9 Å². The van der Waals surface area contributed by atoms with Gasteiger partial charge in [-0.2, -0.15) is 0 Å². The Morgan fingerprint density at radius 1 is 1.47 bits per heavy atom. The Balaban J connectivity index is 1.94. The molecule has 0 saturated carbocycles. The average molecular weight is 311 g/mol. The first-order chi connectivity index (χ1) is 8.15. The van der Waals surface area contributed by atoms with Gasteiger partial charge in [-0.05, 0) is 34.1 Å². The van der Waals surface area contributed by atoms with Gasteiger partial charge in [-0.3, -0.25) is 4.79 Å². The van der Waals surface area contributed by atoms with Crippen molar-refractivity contribution in [2.24, 2.45) is 7.05 Å². The van der Waals surface area contributed by atoms with E-state index in [4.69, 9.17) is 0 Å². The predicted molar refractivity (Wildman–Crippen MR) is 72.4 cm³/mol. The second kappa shape index (κ2) is 5.51. The summed E-state index contributed by atoms with van der Waals surface area (Å²) >= 11 is 4.77. The van der Waals surface area contributed by atoms with Crippen molar-refractivity contribution in [3.05, 3.63) is 46.8 Å². The van der Waals surface area contributed by atoms with E-state index in [1.165, 1.54) is 11.8 Å². The number of carbonyl (C=O) groups is 1. The zero-order valence-electron chi connectivity index (χ0n) is 9.26. The van der Waals surface area contributed by atoms with Crippen molar-refractivity contribution in [2.45, 2.75) is 5.03 Å². The topological polar surface area (TPSA) is 34.9 Å². The van der Waals surface area contributed by atoms with E-state index in [1.807, 2.05) is 42.2 Å².